The third-order valence-corrected chi connectivity index (χ3v) is 3.32. The van der Waals surface area contributed by atoms with E-state index in [0.29, 0.717) is 23.5 Å². The van der Waals surface area contributed by atoms with Crippen molar-refractivity contribution < 1.29 is 9.53 Å². The first-order valence-electron chi connectivity index (χ1n) is 6.19. The van der Waals surface area contributed by atoms with Gasteiger partial charge in [0.2, 0.25) is 0 Å². The average Bonchev–Trinajstić information content (AvgIpc) is 2.43. The predicted molar refractivity (Wildman–Crippen MR) is 84.1 cm³/mol. The number of nitrogens with one attached hydrogen (secondary N) is 1. The molecule has 0 spiro atoms. The average molecular weight is 335 g/mol. The van der Waals surface area contributed by atoms with Crippen LogP contribution in [0.5, 0.6) is 5.75 Å². The second-order valence-electron chi connectivity index (χ2n) is 4.15. The van der Waals surface area contributed by atoms with Crippen LogP contribution in [0.1, 0.15) is 17.3 Å². The largest absolute Gasteiger partial charge is 0.494 e. The lowest BCUT2D eigenvalue weighted by Gasteiger charge is -2.09. The van der Waals surface area contributed by atoms with Crippen LogP contribution < -0.4 is 15.8 Å². The van der Waals surface area contributed by atoms with Crippen LogP contribution in [0, 0.1) is 0 Å². The molecule has 20 heavy (non-hydrogen) atoms. The van der Waals surface area contributed by atoms with Crippen molar-refractivity contribution in [2.45, 2.75) is 6.92 Å². The lowest BCUT2D eigenvalue weighted by atomic mass is 10.2. The normalized spacial score (nSPS) is 10.1. The van der Waals surface area contributed by atoms with Crippen LogP contribution in [0.15, 0.2) is 46.9 Å². The summed E-state index contributed by atoms with van der Waals surface area (Å²) in [5, 5.41) is 2.82. The van der Waals surface area contributed by atoms with Gasteiger partial charge in [0.15, 0.2) is 0 Å². The molecule has 104 valence electrons. The van der Waals surface area contributed by atoms with E-state index in [4.69, 9.17) is 10.5 Å². The number of halogens is 1. The monoisotopic (exact) mass is 334 g/mol. The van der Waals surface area contributed by atoms with E-state index in [-0.39, 0.29) is 5.91 Å². The van der Waals surface area contributed by atoms with Crippen molar-refractivity contribution in [3.63, 3.8) is 0 Å². The summed E-state index contributed by atoms with van der Waals surface area (Å²) in [7, 11) is 0. The van der Waals surface area contributed by atoms with Gasteiger partial charge >= 0.3 is 0 Å². The van der Waals surface area contributed by atoms with Crippen molar-refractivity contribution in [1.82, 2.24) is 0 Å². The summed E-state index contributed by atoms with van der Waals surface area (Å²) in [6.45, 7) is 2.52. The maximum atomic E-state index is 12.1. The Kier molecular flexibility index (Phi) is 4.63. The van der Waals surface area contributed by atoms with Gasteiger partial charge in [0.1, 0.15) is 5.75 Å². The minimum absolute atomic E-state index is 0.182. The van der Waals surface area contributed by atoms with Gasteiger partial charge in [-0.3, -0.25) is 4.79 Å². The quantitative estimate of drug-likeness (QED) is 0.838. The minimum Gasteiger partial charge on any atom is -0.494 e. The Bertz CT molecular complexity index is 612. The zero-order valence-electron chi connectivity index (χ0n) is 11.0. The molecule has 2 rings (SSSR count). The van der Waals surface area contributed by atoms with Crippen LogP contribution in [0.25, 0.3) is 0 Å². The molecule has 0 atom stereocenters. The number of anilines is 2. The Morgan fingerprint density at radius 3 is 2.55 bits per heavy atom. The van der Waals surface area contributed by atoms with Gasteiger partial charge in [0.05, 0.1) is 12.3 Å². The summed E-state index contributed by atoms with van der Waals surface area (Å²) < 4.78 is 6.09. The second-order valence-corrected chi connectivity index (χ2v) is 5.01. The lowest BCUT2D eigenvalue weighted by Crippen LogP contribution is -2.12. The van der Waals surface area contributed by atoms with E-state index in [9.17, 15) is 4.79 Å². The zero-order chi connectivity index (χ0) is 14.5. The fourth-order valence-electron chi connectivity index (χ4n) is 1.70. The fraction of sp³-hybridized carbons (Fsp3) is 0.133. The van der Waals surface area contributed by atoms with Gasteiger partial charge in [-0.2, -0.15) is 0 Å². The molecule has 1 amide bonds. The molecule has 5 heteroatoms. The molecule has 0 fully saturated rings. The summed E-state index contributed by atoms with van der Waals surface area (Å²) in [6, 6.07) is 12.2. The van der Waals surface area contributed by atoms with Gasteiger partial charge < -0.3 is 15.8 Å². The van der Waals surface area contributed by atoms with Gasteiger partial charge in [0, 0.05) is 15.7 Å². The molecule has 0 aliphatic rings. The summed E-state index contributed by atoms with van der Waals surface area (Å²) in [5.74, 6) is 0.566. The molecular formula is C15H15BrN2O2. The smallest absolute Gasteiger partial charge is 0.255 e. The maximum absolute atomic E-state index is 12.1. The molecule has 0 radical (unpaired) electrons. The van der Waals surface area contributed by atoms with Gasteiger partial charge in [-0.05, 0) is 65.3 Å². The number of nitrogen functional groups attached to an aromatic ring is 1. The molecule has 2 aromatic carbocycles. The van der Waals surface area contributed by atoms with Gasteiger partial charge in [-0.1, -0.05) is 0 Å². The van der Waals surface area contributed by atoms with E-state index in [1.165, 1.54) is 0 Å². The number of benzene rings is 2. The van der Waals surface area contributed by atoms with Crippen LogP contribution in [-0.4, -0.2) is 12.5 Å². The zero-order valence-corrected chi connectivity index (χ0v) is 12.6. The number of rotatable bonds is 4. The first-order chi connectivity index (χ1) is 9.60. The molecule has 3 N–H and O–H groups in total. The van der Waals surface area contributed by atoms with Crippen molar-refractivity contribution in [1.29, 1.82) is 0 Å². The standard InChI is InChI=1S/C15H15BrN2O2/c1-2-20-12-6-3-10(4-7-12)15(19)18-14-8-5-11(17)9-13(14)16/h3-9H,2,17H2,1H3,(H,18,19). The van der Waals surface area contributed by atoms with E-state index < -0.39 is 0 Å². The SMILES string of the molecule is CCOc1ccc(C(=O)Nc2ccc(N)cc2Br)cc1. The van der Waals surface area contributed by atoms with Crippen LogP contribution in [0.3, 0.4) is 0 Å². The highest BCUT2D eigenvalue weighted by Crippen LogP contribution is 2.25. The number of hydrogen-bond acceptors (Lipinski definition) is 3. The van der Waals surface area contributed by atoms with Crippen molar-refractivity contribution in [2.24, 2.45) is 0 Å². The molecule has 0 bridgehead atoms. The van der Waals surface area contributed by atoms with Gasteiger partial charge in [-0.25, -0.2) is 0 Å². The first-order valence-corrected chi connectivity index (χ1v) is 6.98. The fourth-order valence-corrected chi connectivity index (χ4v) is 2.19. The number of ether oxygens (including phenoxy) is 1. The van der Waals surface area contributed by atoms with Crippen molar-refractivity contribution >= 4 is 33.2 Å². The van der Waals surface area contributed by atoms with Gasteiger partial charge in [0.25, 0.3) is 5.91 Å². The Hall–Kier alpha value is -2.01. The third kappa shape index (κ3) is 3.51. The topological polar surface area (TPSA) is 64.3 Å². The number of carbonyl (C=O) groups is 1. The Morgan fingerprint density at radius 2 is 1.95 bits per heavy atom. The lowest BCUT2D eigenvalue weighted by molar-refractivity contribution is 0.102. The number of amides is 1. The summed E-state index contributed by atoms with van der Waals surface area (Å²) >= 11 is 3.37. The third-order valence-electron chi connectivity index (χ3n) is 2.67. The van der Waals surface area contributed by atoms with E-state index >= 15 is 0 Å². The van der Waals surface area contributed by atoms with E-state index in [1.54, 1.807) is 42.5 Å². The van der Waals surface area contributed by atoms with E-state index in [0.717, 1.165) is 10.2 Å². The van der Waals surface area contributed by atoms with E-state index in [2.05, 4.69) is 21.2 Å². The van der Waals surface area contributed by atoms with E-state index in [1.807, 2.05) is 6.92 Å². The van der Waals surface area contributed by atoms with Crippen molar-refractivity contribution in [2.75, 3.05) is 17.7 Å². The van der Waals surface area contributed by atoms with Crippen molar-refractivity contribution in [3.05, 3.63) is 52.5 Å². The highest BCUT2D eigenvalue weighted by atomic mass is 79.9. The molecular weight excluding hydrogens is 320 g/mol. The van der Waals surface area contributed by atoms with Gasteiger partial charge in [-0.15, -0.1) is 0 Å². The molecule has 0 unspecified atom stereocenters. The van der Waals surface area contributed by atoms with Crippen LogP contribution >= 0.6 is 15.9 Å². The molecule has 0 aliphatic heterocycles. The molecule has 4 nitrogen and oxygen atoms in total. The number of hydrogen-bond donors (Lipinski definition) is 2. The maximum Gasteiger partial charge on any atom is 0.255 e. The van der Waals surface area contributed by atoms with Crippen LogP contribution in [0.2, 0.25) is 0 Å². The molecule has 2 aromatic rings. The van der Waals surface area contributed by atoms with Crippen LogP contribution in [-0.2, 0) is 0 Å². The van der Waals surface area contributed by atoms with Crippen LogP contribution in [0.4, 0.5) is 11.4 Å². The molecule has 0 aliphatic carbocycles. The molecule has 0 heterocycles. The molecule has 0 saturated heterocycles. The summed E-state index contributed by atoms with van der Waals surface area (Å²) in [6.07, 6.45) is 0. The molecule has 0 saturated carbocycles. The minimum atomic E-state index is -0.182. The Balaban J connectivity index is 2.11. The summed E-state index contributed by atoms with van der Waals surface area (Å²) in [5.41, 5.74) is 7.54. The summed E-state index contributed by atoms with van der Waals surface area (Å²) in [4.78, 5) is 12.1. The second kappa shape index (κ2) is 6.43. The van der Waals surface area contributed by atoms with Crippen molar-refractivity contribution in [3.8, 4) is 5.75 Å². The number of carbonyl (C=O) groups excluding carboxylic acids is 1. The highest BCUT2D eigenvalue weighted by Gasteiger charge is 2.08. The molecule has 0 aromatic heterocycles. The Morgan fingerprint density at radius 1 is 1.25 bits per heavy atom. The number of nitrogens with two attached hydrogens (primary N) is 1. The Labute approximate surface area is 126 Å². The highest BCUT2D eigenvalue weighted by molar-refractivity contribution is 9.10. The predicted octanol–water partition coefficient (Wildman–Crippen LogP) is 3.68. The first kappa shape index (κ1) is 14.4.